The van der Waals surface area contributed by atoms with Crippen molar-refractivity contribution in [3.05, 3.63) is 59.2 Å². The molecule has 3 rings (SSSR count). The van der Waals surface area contributed by atoms with Gasteiger partial charge in [0.05, 0.1) is 7.11 Å². The molecular formula is C29H41N3O3. The van der Waals surface area contributed by atoms with E-state index in [1.807, 2.05) is 47.4 Å². The molecule has 1 aliphatic heterocycles. The Hall–Kier alpha value is -2.86. The second kappa shape index (κ2) is 13.3. The Balaban J connectivity index is 1.80. The van der Waals surface area contributed by atoms with E-state index in [0.29, 0.717) is 18.2 Å². The summed E-state index contributed by atoms with van der Waals surface area (Å²) in [5.41, 5.74) is 3.71. The number of benzene rings is 2. The number of carbonyl (C=O) groups excluding carboxylic acids is 2. The third-order valence-electron chi connectivity index (χ3n) is 6.78. The van der Waals surface area contributed by atoms with Gasteiger partial charge >= 0.3 is 0 Å². The average molecular weight is 480 g/mol. The van der Waals surface area contributed by atoms with Crippen LogP contribution in [-0.2, 0) is 17.8 Å². The number of carbonyl (C=O) groups is 2. The second-order valence-corrected chi connectivity index (χ2v) is 9.70. The molecule has 1 heterocycles. The molecule has 0 aromatic heterocycles. The summed E-state index contributed by atoms with van der Waals surface area (Å²) >= 11 is 0. The summed E-state index contributed by atoms with van der Waals surface area (Å²) in [6.07, 6.45) is 6.46. The lowest BCUT2D eigenvalue weighted by atomic mass is 10.0. The van der Waals surface area contributed by atoms with E-state index in [0.717, 1.165) is 61.5 Å². The van der Waals surface area contributed by atoms with Gasteiger partial charge in [-0.25, -0.2) is 0 Å². The Morgan fingerprint density at radius 2 is 1.74 bits per heavy atom. The number of ether oxygens (including phenoxy) is 1. The van der Waals surface area contributed by atoms with E-state index in [4.69, 9.17) is 4.74 Å². The third-order valence-corrected chi connectivity index (χ3v) is 6.78. The smallest absolute Gasteiger partial charge is 0.251 e. The van der Waals surface area contributed by atoms with Gasteiger partial charge in [-0.3, -0.25) is 14.5 Å². The molecule has 0 saturated heterocycles. The number of rotatable bonds is 6. The SMILES string of the molecule is COc1cccc(CCNC(=O)c2ccc3c(c2)CN(C(C)C)CCCCCCCN3C(C)=O)c1. The minimum atomic E-state index is -0.0905. The van der Waals surface area contributed by atoms with E-state index in [1.165, 1.54) is 19.3 Å². The van der Waals surface area contributed by atoms with Crippen LogP contribution in [0.3, 0.4) is 0 Å². The zero-order valence-electron chi connectivity index (χ0n) is 21.8. The van der Waals surface area contributed by atoms with Crippen LogP contribution in [0, 0.1) is 0 Å². The van der Waals surface area contributed by atoms with E-state index in [9.17, 15) is 9.59 Å². The predicted molar refractivity (Wildman–Crippen MR) is 142 cm³/mol. The van der Waals surface area contributed by atoms with Gasteiger partial charge in [0, 0.05) is 43.9 Å². The highest BCUT2D eigenvalue weighted by Gasteiger charge is 2.21. The molecule has 0 fully saturated rings. The molecule has 2 aromatic rings. The van der Waals surface area contributed by atoms with Gasteiger partial charge in [0.1, 0.15) is 5.75 Å². The van der Waals surface area contributed by atoms with Crippen LogP contribution in [0.4, 0.5) is 5.69 Å². The first kappa shape index (κ1) is 26.7. The number of methoxy groups -OCH3 is 1. The topological polar surface area (TPSA) is 61.9 Å². The highest BCUT2D eigenvalue weighted by molar-refractivity contribution is 5.97. The van der Waals surface area contributed by atoms with E-state index >= 15 is 0 Å². The summed E-state index contributed by atoms with van der Waals surface area (Å²) in [5.74, 6) is 0.778. The van der Waals surface area contributed by atoms with Gasteiger partial charge in [0.2, 0.25) is 5.91 Å². The van der Waals surface area contributed by atoms with Crippen LogP contribution in [0.15, 0.2) is 42.5 Å². The van der Waals surface area contributed by atoms with E-state index in [-0.39, 0.29) is 11.8 Å². The fraction of sp³-hybridized carbons (Fsp3) is 0.517. The maximum absolute atomic E-state index is 13.0. The van der Waals surface area contributed by atoms with Gasteiger partial charge in [-0.1, -0.05) is 31.4 Å². The van der Waals surface area contributed by atoms with Gasteiger partial charge in [-0.15, -0.1) is 0 Å². The van der Waals surface area contributed by atoms with E-state index in [1.54, 1.807) is 14.0 Å². The number of hydrogen-bond donors (Lipinski definition) is 1. The molecule has 0 aliphatic carbocycles. The van der Waals surface area contributed by atoms with Crippen LogP contribution in [0.1, 0.15) is 74.4 Å². The summed E-state index contributed by atoms with van der Waals surface area (Å²) in [6.45, 7) is 9.06. The van der Waals surface area contributed by atoms with Gasteiger partial charge in [0.25, 0.3) is 5.91 Å². The van der Waals surface area contributed by atoms with Crippen molar-refractivity contribution in [3.63, 3.8) is 0 Å². The van der Waals surface area contributed by atoms with Gasteiger partial charge in [-0.05, 0) is 81.1 Å². The highest BCUT2D eigenvalue weighted by atomic mass is 16.5. The van der Waals surface area contributed by atoms with Crippen LogP contribution in [-0.4, -0.2) is 49.5 Å². The van der Waals surface area contributed by atoms with Crippen LogP contribution in [0.2, 0.25) is 0 Å². The van der Waals surface area contributed by atoms with Gasteiger partial charge in [0.15, 0.2) is 0 Å². The fourth-order valence-corrected chi connectivity index (χ4v) is 4.67. The van der Waals surface area contributed by atoms with Crippen LogP contribution in [0.25, 0.3) is 0 Å². The molecular weight excluding hydrogens is 438 g/mol. The maximum atomic E-state index is 13.0. The molecule has 0 spiro atoms. The molecule has 2 aromatic carbocycles. The van der Waals surface area contributed by atoms with Gasteiger partial charge < -0.3 is 15.0 Å². The molecule has 1 aliphatic rings. The first-order chi connectivity index (χ1) is 16.9. The molecule has 2 amide bonds. The summed E-state index contributed by atoms with van der Waals surface area (Å²) in [5, 5.41) is 3.05. The van der Waals surface area contributed by atoms with Crippen molar-refractivity contribution in [2.24, 2.45) is 0 Å². The number of amides is 2. The summed E-state index contributed by atoms with van der Waals surface area (Å²) < 4.78 is 5.29. The minimum Gasteiger partial charge on any atom is -0.497 e. The zero-order chi connectivity index (χ0) is 25.2. The van der Waals surface area contributed by atoms with E-state index < -0.39 is 0 Å². The molecule has 6 nitrogen and oxygen atoms in total. The van der Waals surface area contributed by atoms with Crippen LogP contribution in [0.5, 0.6) is 5.75 Å². The monoisotopic (exact) mass is 479 g/mol. The van der Waals surface area contributed by atoms with Crippen molar-refractivity contribution in [2.75, 3.05) is 31.6 Å². The average Bonchev–Trinajstić information content (AvgIpc) is 2.84. The standard InChI is InChI=1S/C29H41N3O3/c1-22(2)31-17-8-6-5-7-9-18-32(23(3)33)28-14-13-25(20-26(28)21-31)29(34)30-16-15-24-11-10-12-27(19-24)35-4/h10-14,19-20,22H,5-9,15-18,21H2,1-4H3,(H,30,34). The molecule has 0 saturated carbocycles. The Bertz CT molecular complexity index is 989. The van der Waals surface area contributed by atoms with Gasteiger partial charge in [-0.2, -0.15) is 0 Å². The largest absolute Gasteiger partial charge is 0.497 e. The number of nitrogens with one attached hydrogen (secondary N) is 1. The van der Waals surface area contributed by atoms with Crippen molar-refractivity contribution in [1.29, 1.82) is 0 Å². The number of nitrogens with zero attached hydrogens (tertiary/aromatic N) is 2. The van der Waals surface area contributed by atoms with E-state index in [2.05, 4.69) is 24.1 Å². The summed E-state index contributed by atoms with van der Waals surface area (Å²) in [4.78, 5) is 29.9. The lowest BCUT2D eigenvalue weighted by molar-refractivity contribution is -0.116. The third kappa shape index (κ3) is 7.82. The number of anilines is 1. The van der Waals surface area contributed by atoms with Crippen molar-refractivity contribution in [3.8, 4) is 5.75 Å². The van der Waals surface area contributed by atoms with Crippen molar-refractivity contribution in [2.45, 2.75) is 71.9 Å². The fourth-order valence-electron chi connectivity index (χ4n) is 4.67. The van der Waals surface area contributed by atoms with Crippen molar-refractivity contribution < 1.29 is 14.3 Å². The minimum absolute atomic E-state index is 0.0508. The number of hydrogen-bond acceptors (Lipinski definition) is 4. The Labute approximate surface area is 210 Å². The predicted octanol–water partition coefficient (Wildman–Crippen LogP) is 5.20. The lowest BCUT2D eigenvalue weighted by Gasteiger charge is -2.31. The van der Waals surface area contributed by atoms with Crippen molar-refractivity contribution >= 4 is 17.5 Å². The normalized spacial score (nSPS) is 15.6. The molecule has 0 unspecified atom stereocenters. The maximum Gasteiger partial charge on any atom is 0.251 e. The highest BCUT2D eigenvalue weighted by Crippen LogP contribution is 2.27. The summed E-state index contributed by atoms with van der Waals surface area (Å²) in [6, 6.07) is 14.1. The molecule has 0 radical (unpaired) electrons. The Morgan fingerprint density at radius 1 is 1.00 bits per heavy atom. The first-order valence-electron chi connectivity index (χ1n) is 12.9. The zero-order valence-corrected chi connectivity index (χ0v) is 21.8. The quantitative estimate of drug-likeness (QED) is 0.619. The first-order valence-corrected chi connectivity index (χ1v) is 12.9. The number of fused-ring (bicyclic) bond motifs is 1. The molecule has 0 bridgehead atoms. The molecule has 1 N–H and O–H groups in total. The molecule has 6 heteroatoms. The lowest BCUT2D eigenvalue weighted by Crippen LogP contribution is -2.35. The Kier molecular flexibility index (Phi) is 10.2. The van der Waals surface area contributed by atoms with Crippen LogP contribution >= 0.6 is 0 Å². The van der Waals surface area contributed by atoms with Crippen molar-refractivity contribution in [1.82, 2.24) is 10.2 Å². The molecule has 35 heavy (non-hydrogen) atoms. The molecule has 0 atom stereocenters. The summed E-state index contributed by atoms with van der Waals surface area (Å²) in [7, 11) is 1.65. The second-order valence-electron chi connectivity index (χ2n) is 9.70. The Morgan fingerprint density at radius 3 is 2.46 bits per heavy atom. The van der Waals surface area contributed by atoms with Crippen LogP contribution < -0.4 is 15.0 Å². The molecule has 190 valence electrons.